The predicted molar refractivity (Wildman–Crippen MR) is 84.7 cm³/mol. The van der Waals surface area contributed by atoms with Crippen LogP contribution in [0.1, 0.15) is 17.3 Å². The molecule has 2 rings (SSSR count). The van der Waals surface area contributed by atoms with Gasteiger partial charge in [0.1, 0.15) is 0 Å². The zero-order chi connectivity index (χ0) is 14.0. The van der Waals surface area contributed by atoms with Gasteiger partial charge in [0.25, 0.3) is 0 Å². The lowest BCUT2D eigenvalue weighted by Crippen LogP contribution is -1.95. The van der Waals surface area contributed by atoms with Crippen LogP contribution < -0.4 is 0 Å². The molecule has 0 aliphatic rings. The van der Waals surface area contributed by atoms with Gasteiger partial charge in [-0.05, 0) is 43.3 Å². The van der Waals surface area contributed by atoms with Gasteiger partial charge >= 0.3 is 0 Å². The number of hydrogen-bond donors (Lipinski definition) is 0. The molecule has 0 radical (unpaired) electrons. The Bertz CT molecular complexity index is 643. The molecule has 0 spiro atoms. The predicted octanol–water partition coefficient (Wildman–Crippen LogP) is 6.11. The summed E-state index contributed by atoms with van der Waals surface area (Å²) in [4.78, 5) is 13.5. The molecule has 0 heterocycles. The van der Waals surface area contributed by atoms with Crippen molar-refractivity contribution < 1.29 is 4.79 Å². The number of ketones is 1. The molecule has 0 aromatic heterocycles. The average molecular weight is 376 g/mol. The molecule has 0 N–H and O–H groups in total. The van der Waals surface area contributed by atoms with Crippen molar-refractivity contribution in [2.45, 2.75) is 16.7 Å². The van der Waals surface area contributed by atoms with E-state index >= 15 is 0 Å². The van der Waals surface area contributed by atoms with Crippen molar-refractivity contribution in [2.24, 2.45) is 0 Å². The fourth-order valence-electron chi connectivity index (χ4n) is 1.53. The minimum atomic E-state index is 0.0314. The van der Waals surface area contributed by atoms with Crippen molar-refractivity contribution in [3.8, 4) is 0 Å². The van der Waals surface area contributed by atoms with Crippen LogP contribution in [0.4, 0.5) is 0 Å². The minimum Gasteiger partial charge on any atom is -0.294 e. The van der Waals surface area contributed by atoms with Gasteiger partial charge in [0.05, 0.1) is 10.0 Å². The van der Waals surface area contributed by atoms with E-state index in [2.05, 4.69) is 15.9 Å². The Hall–Kier alpha value is -0.480. The highest BCUT2D eigenvalue weighted by Crippen LogP contribution is 2.35. The number of halogens is 3. The van der Waals surface area contributed by atoms with E-state index < -0.39 is 0 Å². The van der Waals surface area contributed by atoms with Crippen LogP contribution in [0.5, 0.6) is 0 Å². The van der Waals surface area contributed by atoms with E-state index in [1.54, 1.807) is 19.1 Å². The van der Waals surface area contributed by atoms with E-state index in [0.29, 0.717) is 15.6 Å². The van der Waals surface area contributed by atoms with E-state index in [0.717, 1.165) is 14.3 Å². The Morgan fingerprint density at radius 2 is 1.84 bits per heavy atom. The molecular weight excluding hydrogens is 367 g/mol. The summed E-state index contributed by atoms with van der Waals surface area (Å²) in [5.74, 6) is 0.0314. The summed E-state index contributed by atoms with van der Waals surface area (Å²) in [5.41, 5.74) is 0.686. The molecule has 0 aliphatic heterocycles. The topological polar surface area (TPSA) is 17.1 Å². The Balaban J connectivity index is 2.37. The van der Waals surface area contributed by atoms with Crippen LogP contribution in [0.3, 0.4) is 0 Å². The first-order chi connectivity index (χ1) is 8.97. The molecule has 98 valence electrons. The van der Waals surface area contributed by atoms with Gasteiger partial charge in [-0.25, -0.2) is 0 Å². The lowest BCUT2D eigenvalue weighted by molar-refractivity contribution is 0.101. The molecule has 0 bridgehead atoms. The van der Waals surface area contributed by atoms with Gasteiger partial charge in [0.15, 0.2) is 5.78 Å². The van der Waals surface area contributed by atoms with Crippen molar-refractivity contribution >= 4 is 56.7 Å². The van der Waals surface area contributed by atoms with Gasteiger partial charge in [-0.2, -0.15) is 0 Å². The molecule has 0 unspecified atom stereocenters. The molecule has 0 aliphatic carbocycles. The highest BCUT2D eigenvalue weighted by atomic mass is 79.9. The summed E-state index contributed by atoms with van der Waals surface area (Å²) >= 11 is 16.7. The largest absolute Gasteiger partial charge is 0.294 e. The van der Waals surface area contributed by atoms with Gasteiger partial charge in [0, 0.05) is 19.8 Å². The normalized spacial score (nSPS) is 10.5. The zero-order valence-electron chi connectivity index (χ0n) is 9.91. The first-order valence-electron chi connectivity index (χ1n) is 5.41. The highest BCUT2D eigenvalue weighted by Gasteiger charge is 2.10. The second-order valence-electron chi connectivity index (χ2n) is 3.87. The van der Waals surface area contributed by atoms with Crippen LogP contribution in [-0.2, 0) is 0 Å². The van der Waals surface area contributed by atoms with Gasteiger partial charge in [-0.15, -0.1) is 0 Å². The van der Waals surface area contributed by atoms with Crippen LogP contribution in [0, 0.1) is 0 Å². The van der Waals surface area contributed by atoms with E-state index in [1.165, 1.54) is 11.8 Å². The molecule has 0 fully saturated rings. The first-order valence-corrected chi connectivity index (χ1v) is 7.77. The minimum absolute atomic E-state index is 0.0314. The monoisotopic (exact) mass is 374 g/mol. The quantitative estimate of drug-likeness (QED) is 0.602. The number of carbonyl (C=O) groups is 1. The zero-order valence-corrected chi connectivity index (χ0v) is 13.8. The second-order valence-corrected chi connectivity index (χ2v) is 6.72. The Labute approximate surface area is 134 Å². The first kappa shape index (κ1) is 14.9. The molecular formula is C14H9BrCl2OS. The van der Waals surface area contributed by atoms with Crippen LogP contribution >= 0.6 is 50.9 Å². The van der Waals surface area contributed by atoms with E-state index in [-0.39, 0.29) is 5.78 Å². The van der Waals surface area contributed by atoms with E-state index in [4.69, 9.17) is 23.2 Å². The van der Waals surface area contributed by atoms with E-state index in [9.17, 15) is 4.79 Å². The van der Waals surface area contributed by atoms with Crippen LogP contribution in [0.2, 0.25) is 10.0 Å². The van der Waals surface area contributed by atoms with Crippen molar-refractivity contribution in [1.82, 2.24) is 0 Å². The molecule has 0 saturated carbocycles. The molecule has 19 heavy (non-hydrogen) atoms. The number of carbonyl (C=O) groups excluding carboxylic acids is 1. The third-order valence-electron chi connectivity index (χ3n) is 2.44. The Morgan fingerprint density at radius 3 is 2.47 bits per heavy atom. The fraction of sp³-hybridized carbons (Fsp3) is 0.0714. The summed E-state index contributed by atoms with van der Waals surface area (Å²) < 4.78 is 0.885. The summed E-state index contributed by atoms with van der Waals surface area (Å²) in [6, 6.07) is 11.1. The molecule has 2 aromatic rings. The molecule has 0 saturated heterocycles. The standard InChI is InChI=1S/C14H9BrCl2OS/c1-8(18)11-6-9(15)2-5-14(11)19-10-3-4-12(16)13(17)7-10/h2-7H,1H3. The summed E-state index contributed by atoms with van der Waals surface area (Å²) in [6.45, 7) is 1.56. The Kier molecular flexibility index (Phi) is 4.96. The van der Waals surface area contributed by atoms with Crippen LogP contribution in [0.25, 0.3) is 0 Å². The van der Waals surface area contributed by atoms with Gasteiger partial charge < -0.3 is 0 Å². The van der Waals surface area contributed by atoms with Crippen LogP contribution in [-0.4, -0.2) is 5.78 Å². The molecule has 1 nitrogen and oxygen atoms in total. The highest BCUT2D eigenvalue weighted by molar-refractivity contribution is 9.10. The number of hydrogen-bond acceptors (Lipinski definition) is 2. The maximum atomic E-state index is 11.6. The maximum Gasteiger partial charge on any atom is 0.160 e. The summed E-state index contributed by atoms with van der Waals surface area (Å²) in [6.07, 6.45) is 0. The lowest BCUT2D eigenvalue weighted by Gasteiger charge is -2.08. The van der Waals surface area contributed by atoms with Crippen molar-refractivity contribution in [3.63, 3.8) is 0 Å². The average Bonchev–Trinajstić information content (AvgIpc) is 2.36. The van der Waals surface area contributed by atoms with Crippen molar-refractivity contribution in [1.29, 1.82) is 0 Å². The lowest BCUT2D eigenvalue weighted by atomic mass is 10.1. The summed E-state index contributed by atoms with van der Waals surface area (Å²) in [5, 5.41) is 1.03. The fourth-order valence-corrected chi connectivity index (χ4v) is 3.27. The number of benzene rings is 2. The van der Waals surface area contributed by atoms with Gasteiger partial charge in [0.2, 0.25) is 0 Å². The SMILES string of the molecule is CC(=O)c1cc(Br)ccc1Sc1ccc(Cl)c(Cl)c1. The molecule has 0 amide bonds. The van der Waals surface area contributed by atoms with Gasteiger partial charge in [-0.3, -0.25) is 4.79 Å². The number of Topliss-reactive ketones (excluding diaryl/α,β-unsaturated/α-hetero) is 1. The van der Waals surface area contributed by atoms with E-state index in [1.807, 2.05) is 24.3 Å². The maximum absolute atomic E-state index is 11.6. The Morgan fingerprint density at radius 1 is 1.11 bits per heavy atom. The van der Waals surface area contributed by atoms with Crippen molar-refractivity contribution in [2.75, 3.05) is 0 Å². The van der Waals surface area contributed by atoms with Crippen molar-refractivity contribution in [3.05, 3.63) is 56.5 Å². The third kappa shape index (κ3) is 3.76. The third-order valence-corrected chi connectivity index (χ3v) is 4.74. The smallest absolute Gasteiger partial charge is 0.160 e. The number of rotatable bonds is 3. The second kappa shape index (κ2) is 6.31. The molecule has 5 heteroatoms. The molecule has 2 aromatic carbocycles. The summed E-state index contributed by atoms with van der Waals surface area (Å²) in [7, 11) is 0. The van der Waals surface area contributed by atoms with Crippen LogP contribution in [0.15, 0.2) is 50.7 Å². The van der Waals surface area contributed by atoms with Gasteiger partial charge in [-0.1, -0.05) is 50.9 Å². The molecule has 0 atom stereocenters.